The van der Waals surface area contributed by atoms with Crippen LogP contribution in [0.25, 0.3) is 10.2 Å². The standard InChI is InChI=1S/C31H35N5O4S/c1-20-16-36(17-22-11-13-32-14-12-22)21(2)19-40-26-15-23(9-10-24(26)31(38)35(3)18-27(20)39-4)33-29(37)30-34-25-7-5-6-8-28(25)41-30/h5-15,20-21,27H,16-19H2,1-4H3,(H,33,37)/t20-,21-,27-/m1/s1. The van der Waals surface area contributed by atoms with Gasteiger partial charge in [0.1, 0.15) is 12.4 Å². The largest absolute Gasteiger partial charge is 0.491 e. The summed E-state index contributed by atoms with van der Waals surface area (Å²) < 4.78 is 13.1. The van der Waals surface area contributed by atoms with Crippen LogP contribution >= 0.6 is 11.3 Å². The number of nitrogens with one attached hydrogen (secondary N) is 1. The van der Waals surface area contributed by atoms with Gasteiger partial charge in [0.2, 0.25) is 0 Å². The Morgan fingerprint density at radius 1 is 1.12 bits per heavy atom. The second kappa shape index (κ2) is 12.8. The lowest BCUT2D eigenvalue weighted by molar-refractivity contribution is 0.00921. The molecule has 0 aliphatic carbocycles. The van der Waals surface area contributed by atoms with E-state index in [-0.39, 0.29) is 29.9 Å². The molecule has 0 spiro atoms. The first-order valence-electron chi connectivity index (χ1n) is 13.7. The summed E-state index contributed by atoms with van der Waals surface area (Å²) >= 11 is 1.34. The van der Waals surface area contributed by atoms with Gasteiger partial charge in [-0.1, -0.05) is 19.1 Å². The van der Waals surface area contributed by atoms with E-state index in [9.17, 15) is 9.59 Å². The fraction of sp³-hybridized carbons (Fsp3) is 0.355. The number of hydrogen-bond donors (Lipinski definition) is 1. The second-order valence-electron chi connectivity index (χ2n) is 10.5. The van der Waals surface area contributed by atoms with Gasteiger partial charge < -0.3 is 19.7 Å². The molecule has 0 saturated carbocycles. The zero-order chi connectivity index (χ0) is 28.9. The number of carbonyl (C=O) groups excluding carboxylic acids is 2. The summed E-state index contributed by atoms with van der Waals surface area (Å²) in [5, 5.41) is 3.30. The number of hydrogen-bond acceptors (Lipinski definition) is 8. The number of carbonyl (C=O) groups is 2. The molecule has 1 N–H and O–H groups in total. The molecule has 2 amide bonds. The van der Waals surface area contributed by atoms with E-state index < -0.39 is 0 Å². The van der Waals surface area contributed by atoms with Crippen molar-refractivity contribution in [2.24, 2.45) is 5.92 Å². The van der Waals surface area contributed by atoms with E-state index in [0.29, 0.717) is 35.2 Å². The molecule has 0 saturated heterocycles. The highest BCUT2D eigenvalue weighted by Gasteiger charge is 2.28. The Labute approximate surface area is 244 Å². The summed E-state index contributed by atoms with van der Waals surface area (Å²) in [6.45, 7) is 6.55. The van der Waals surface area contributed by atoms with E-state index in [4.69, 9.17) is 9.47 Å². The number of nitrogens with zero attached hydrogens (tertiary/aromatic N) is 4. The van der Waals surface area contributed by atoms with Crippen LogP contribution in [-0.2, 0) is 11.3 Å². The first-order chi connectivity index (χ1) is 19.8. The third-order valence-corrected chi connectivity index (χ3v) is 8.49. The summed E-state index contributed by atoms with van der Waals surface area (Å²) in [6.07, 6.45) is 3.46. The fourth-order valence-electron chi connectivity index (χ4n) is 5.02. The number of benzene rings is 2. The molecule has 0 fully saturated rings. The van der Waals surface area contributed by atoms with Crippen LogP contribution in [-0.4, -0.2) is 77.6 Å². The van der Waals surface area contributed by atoms with Gasteiger partial charge in [0.25, 0.3) is 11.8 Å². The molecule has 9 nitrogen and oxygen atoms in total. The van der Waals surface area contributed by atoms with Gasteiger partial charge in [0.15, 0.2) is 5.01 Å². The van der Waals surface area contributed by atoms with Crippen LogP contribution in [0.2, 0.25) is 0 Å². The lowest BCUT2D eigenvalue weighted by Crippen LogP contribution is -2.46. The van der Waals surface area contributed by atoms with Crippen LogP contribution in [0.3, 0.4) is 0 Å². The summed E-state index contributed by atoms with van der Waals surface area (Å²) in [6, 6.07) is 16.9. The number of aromatic nitrogens is 2. The van der Waals surface area contributed by atoms with Crippen molar-refractivity contribution in [2.45, 2.75) is 32.5 Å². The smallest absolute Gasteiger partial charge is 0.284 e. The number of ether oxygens (including phenoxy) is 2. The molecule has 2 aromatic heterocycles. The molecule has 3 heterocycles. The number of amides is 2. The first kappa shape index (κ1) is 28.7. The zero-order valence-corrected chi connectivity index (χ0v) is 24.6. The minimum absolute atomic E-state index is 0.0317. The van der Waals surface area contributed by atoms with Crippen molar-refractivity contribution in [1.82, 2.24) is 19.8 Å². The highest BCUT2D eigenvalue weighted by atomic mass is 32.1. The number of methoxy groups -OCH3 is 1. The van der Waals surface area contributed by atoms with Crippen LogP contribution in [0.1, 0.15) is 39.6 Å². The summed E-state index contributed by atoms with van der Waals surface area (Å²) in [7, 11) is 3.47. The molecule has 1 aliphatic rings. The molecular formula is C31H35N5O4S. The minimum atomic E-state index is -0.309. The highest BCUT2D eigenvalue weighted by molar-refractivity contribution is 7.20. The molecule has 0 radical (unpaired) electrons. The lowest BCUT2D eigenvalue weighted by atomic mass is 10.0. The van der Waals surface area contributed by atoms with Crippen molar-refractivity contribution in [3.8, 4) is 5.75 Å². The first-order valence-corrected chi connectivity index (χ1v) is 14.5. The molecule has 1 aliphatic heterocycles. The molecule has 4 aromatic rings. The zero-order valence-electron chi connectivity index (χ0n) is 23.7. The maximum absolute atomic E-state index is 13.5. The second-order valence-corrected chi connectivity index (χ2v) is 11.6. The number of fused-ring (bicyclic) bond motifs is 2. The van der Waals surface area contributed by atoms with Gasteiger partial charge in [0, 0.05) is 64.0 Å². The number of para-hydroxylation sites is 1. The fourth-order valence-corrected chi connectivity index (χ4v) is 5.88. The molecule has 41 heavy (non-hydrogen) atoms. The van der Waals surface area contributed by atoms with Gasteiger partial charge in [-0.25, -0.2) is 4.98 Å². The Morgan fingerprint density at radius 2 is 1.90 bits per heavy atom. The predicted molar refractivity (Wildman–Crippen MR) is 161 cm³/mol. The number of rotatable bonds is 5. The number of anilines is 1. The SMILES string of the molecule is CO[C@@H]1CN(C)C(=O)c2ccc(NC(=O)c3nc4ccccc4s3)cc2OC[C@@H](C)N(Cc2ccncc2)C[C@H]1C. The van der Waals surface area contributed by atoms with Crippen molar-refractivity contribution in [3.05, 3.63) is 83.1 Å². The number of pyridine rings is 1. The van der Waals surface area contributed by atoms with Gasteiger partial charge in [0.05, 0.1) is 21.9 Å². The van der Waals surface area contributed by atoms with Crippen LogP contribution in [0, 0.1) is 5.92 Å². The van der Waals surface area contributed by atoms with Crippen molar-refractivity contribution in [2.75, 3.05) is 39.2 Å². The summed E-state index contributed by atoms with van der Waals surface area (Å²) in [4.78, 5) is 39.2. The van der Waals surface area contributed by atoms with Crippen molar-refractivity contribution < 1.29 is 19.1 Å². The highest BCUT2D eigenvalue weighted by Crippen LogP contribution is 2.28. The van der Waals surface area contributed by atoms with Crippen LogP contribution in [0.5, 0.6) is 5.75 Å². The average molecular weight is 574 g/mol. The van der Waals surface area contributed by atoms with Gasteiger partial charge in [-0.05, 0) is 54.8 Å². The van der Waals surface area contributed by atoms with E-state index in [0.717, 1.165) is 28.9 Å². The number of likely N-dealkylation sites (N-methyl/N-ethyl adjacent to an activating group) is 1. The van der Waals surface area contributed by atoms with Gasteiger partial charge in [-0.3, -0.25) is 19.5 Å². The maximum Gasteiger partial charge on any atom is 0.284 e. The number of thiazole rings is 1. The van der Waals surface area contributed by atoms with Gasteiger partial charge in [-0.15, -0.1) is 11.3 Å². The third-order valence-electron chi connectivity index (χ3n) is 7.46. The molecule has 214 valence electrons. The van der Waals surface area contributed by atoms with Crippen molar-refractivity contribution in [3.63, 3.8) is 0 Å². The maximum atomic E-state index is 13.5. The molecule has 2 aromatic carbocycles. The van der Waals surface area contributed by atoms with E-state index in [1.54, 1.807) is 49.7 Å². The molecular weight excluding hydrogens is 538 g/mol. The van der Waals surface area contributed by atoms with Crippen LogP contribution in [0.4, 0.5) is 5.69 Å². The van der Waals surface area contributed by atoms with Gasteiger partial charge >= 0.3 is 0 Å². The average Bonchev–Trinajstić information content (AvgIpc) is 3.43. The minimum Gasteiger partial charge on any atom is -0.491 e. The third kappa shape index (κ3) is 6.73. The van der Waals surface area contributed by atoms with Gasteiger partial charge in [-0.2, -0.15) is 0 Å². The Hall–Kier alpha value is -3.86. The Balaban J connectivity index is 1.42. The van der Waals surface area contributed by atoms with Crippen molar-refractivity contribution in [1.29, 1.82) is 0 Å². The molecule has 5 rings (SSSR count). The molecule has 10 heteroatoms. The molecule has 0 bridgehead atoms. The van der Waals surface area contributed by atoms with E-state index in [1.807, 2.05) is 36.4 Å². The normalized spacial score (nSPS) is 20.5. The molecule has 0 unspecified atom stereocenters. The molecule has 3 atom stereocenters. The van der Waals surface area contributed by atoms with Crippen LogP contribution in [0.15, 0.2) is 67.0 Å². The van der Waals surface area contributed by atoms with Crippen molar-refractivity contribution >= 4 is 39.1 Å². The Bertz CT molecular complexity index is 1480. The Kier molecular flexibility index (Phi) is 8.92. The quantitative estimate of drug-likeness (QED) is 0.361. The monoisotopic (exact) mass is 573 g/mol. The topological polar surface area (TPSA) is 96.9 Å². The summed E-state index contributed by atoms with van der Waals surface area (Å²) in [5.74, 6) is 0.109. The van der Waals surface area contributed by atoms with E-state index in [1.165, 1.54) is 11.3 Å². The summed E-state index contributed by atoms with van der Waals surface area (Å²) in [5.41, 5.74) is 2.90. The Morgan fingerprint density at radius 3 is 2.66 bits per heavy atom. The van der Waals surface area contributed by atoms with E-state index in [2.05, 4.69) is 34.0 Å². The predicted octanol–water partition coefficient (Wildman–Crippen LogP) is 4.95. The lowest BCUT2D eigenvalue weighted by Gasteiger charge is -2.36. The van der Waals surface area contributed by atoms with E-state index >= 15 is 0 Å². The van der Waals surface area contributed by atoms with Crippen LogP contribution < -0.4 is 10.1 Å².